The Morgan fingerprint density at radius 1 is 1.25 bits per heavy atom. The van der Waals surface area contributed by atoms with Crippen LogP contribution in [-0.2, 0) is 16.6 Å². The van der Waals surface area contributed by atoms with E-state index in [9.17, 15) is 13.2 Å². The molecule has 8 heteroatoms. The lowest BCUT2D eigenvalue weighted by Crippen LogP contribution is -2.23. The number of hydrogen-bond acceptors (Lipinski definition) is 5. The normalized spacial score (nSPS) is 12.1. The molecule has 6 nitrogen and oxygen atoms in total. The van der Waals surface area contributed by atoms with Crippen LogP contribution in [0, 0.1) is 0 Å². The summed E-state index contributed by atoms with van der Waals surface area (Å²) < 4.78 is 29.8. The molecular weight excluding hydrogens is 346 g/mol. The van der Waals surface area contributed by atoms with Gasteiger partial charge in [-0.05, 0) is 44.2 Å². The number of thiazole rings is 1. The molecule has 0 amide bonds. The number of fused-ring (bicyclic) bond motifs is 1. The van der Waals surface area contributed by atoms with Crippen LogP contribution in [0.15, 0.2) is 52.3 Å². The molecule has 0 aliphatic rings. The first-order chi connectivity index (χ1) is 11.4. The number of nitrogens with one attached hydrogen (secondary N) is 1. The molecule has 0 fully saturated rings. The molecule has 0 atom stereocenters. The lowest BCUT2D eigenvalue weighted by molar-refractivity contribution is 0.580. The van der Waals surface area contributed by atoms with Gasteiger partial charge in [0.25, 0.3) is 0 Å². The molecule has 2 aromatic heterocycles. The Morgan fingerprint density at radius 3 is 2.71 bits per heavy atom. The van der Waals surface area contributed by atoms with Crippen LogP contribution >= 0.6 is 11.3 Å². The van der Waals surface area contributed by atoms with E-state index in [0.29, 0.717) is 10.4 Å². The Kier molecular flexibility index (Phi) is 4.53. The Hall–Kier alpha value is -2.03. The van der Waals surface area contributed by atoms with Crippen LogP contribution in [0.25, 0.3) is 10.2 Å². The zero-order valence-corrected chi connectivity index (χ0v) is 14.9. The fraction of sp³-hybridized carbons (Fsp3) is 0.250. The third-order valence-electron chi connectivity index (χ3n) is 3.58. The molecule has 0 bridgehead atoms. The molecular formula is C16H17N3O3S2. The van der Waals surface area contributed by atoms with E-state index in [0.717, 1.165) is 16.9 Å². The van der Waals surface area contributed by atoms with E-state index >= 15 is 0 Å². The molecule has 0 saturated heterocycles. The largest absolute Gasteiger partial charge is 0.308 e. The second-order valence-corrected chi connectivity index (χ2v) is 8.37. The van der Waals surface area contributed by atoms with Crippen LogP contribution in [0.3, 0.4) is 0 Å². The number of rotatable bonds is 5. The highest BCUT2D eigenvalue weighted by Gasteiger charge is 2.17. The first-order valence-electron chi connectivity index (χ1n) is 7.43. The van der Waals surface area contributed by atoms with Gasteiger partial charge >= 0.3 is 4.87 Å². The molecule has 0 radical (unpaired) electrons. The summed E-state index contributed by atoms with van der Waals surface area (Å²) in [4.78, 5) is 16.2. The fourth-order valence-electron chi connectivity index (χ4n) is 2.43. The van der Waals surface area contributed by atoms with E-state index in [2.05, 4.69) is 9.71 Å². The van der Waals surface area contributed by atoms with Crippen molar-refractivity contribution in [3.05, 3.63) is 58.0 Å². The summed E-state index contributed by atoms with van der Waals surface area (Å²) in [5.41, 5.74) is 1.39. The van der Waals surface area contributed by atoms with Gasteiger partial charge in [0.15, 0.2) is 0 Å². The quantitative estimate of drug-likeness (QED) is 0.755. The molecule has 0 unspecified atom stereocenters. The second-order valence-electron chi connectivity index (χ2n) is 5.61. The van der Waals surface area contributed by atoms with E-state index in [1.54, 1.807) is 41.1 Å². The lowest BCUT2D eigenvalue weighted by Gasteiger charge is -2.09. The molecule has 2 heterocycles. The molecule has 3 aromatic rings. The molecule has 24 heavy (non-hydrogen) atoms. The van der Waals surface area contributed by atoms with Crippen molar-refractivity contribution >= 4 is 31.6 Å². The van der Waals surface area contributed by atoms with Gasteiger partial charge in [0.1, 0.15) is 0 Å². The molecule has 126 valence electrons. The van der Waals surface area contributed by atoms with Crippen molar-refractivity contribution in [3.63, 3.8) is 0 Å². The summed E-state index contributed by atoms with van der Waals surface area (Å²) in [6.45, 7) is 3.96. The summed E-state index contributed by atoms with van der Waals surface area (Å²) in [6, 6.07) is 10.1. The monoisotopic (exact) mass is 363 g/mol. The van der Waals surface area contributed by atoms with Gasteiger partial charge in [-0.15, -0.1) is 0 Å². The minimum absolute atomic E-state index is 0.0241. The van der Waals surface area contributed by atoms with Gasteiger partial charge in [-0.1, -0.05) is 17.4 Å². The predicted octanol–water partition coefficient (Wildman–Crippen LogP) is 2.52. The van der Waals surface area contributed by atoms with Crippen molar-refractivity contribution in [2.45, 2.75) is 31.3 Å². The highest BCUT2D eigenvalue weighted by molar-refractivity contribution is 7.89. The zero-order chi connectivity index (χ0) is 17.3. The SMILES string of the molecule is CC(C)n1c(=O)sc2cc(S(=O)(=O)NCc3ccccn3)ccc21. The van der Waals surface area contributed by atoms with Crippen molar-refractivity contribution in [1.82, 2.24) is 14.3 Å². The van der Waals surface area contributed by atoms with Gasteiger partial charge in [-0.2, -0.15) is 0 Å². The summed E-state index contributed by atoms with van der Waals surface area (Å²) in [5, 5.41) is 0. The minimum atomic E-state index is -3.67. The maximum atomic E-state index is 12.5. The standard InChI is InChI=1S/C16H17N3O3S2/c1-11(2)19-14-7-6-13(9-15(14)23-16(19)20)24(21,22)18-10-12-5-3-4-8-17-12/h3-9,11,18H,10H2,1-2H3. The first-order valence-corrected chi connectivity index (χ1v) is 9.73. The van der Waals surface area contributed by atoms with Crippen LogP contribution in [-0.4, -0.2) is 18.0 Å². The second kappa shape index (κ2) is 6.46. The highest BCUT2D eigenvalue weighted by atomic mass is 32.2. The number of nitrogens with zero attached hydrogens (tertiary/aromatic N) is 2. The Labute approximate surface area is 143 Å². The maximum absolute atomic E-state index is 12.5. The topological polar surface area (TPSA) is 81.1 Å². The lowest BCUT2D eigenvalue weighted by atomic mass is 10.3. The highest BCUT2D eigenvalue weighted by Crippen LogP contribution is 2.24. The maximum Gasteiger partial charge on any atom is 0.308 e. The van der Waals surface area contributed by atoms with E-state index in [1.807, 2.05) is 13.8 Å². The van der Waals surface area contributed by atoms with E-state index in [1.165, 1.54) is 6.07 Å². The number of hydrogen-bond donors (Lipinski definition) is 1. The minimum Gasteiger partial charge on any atom is -0.296 e. The Bertz CT molecular complexity index is 1020. The molecule has 0 aliphatic carbocycles. The third-order valence-corrected chi connectivity index (χ3v) is 5.90. The number of sulfonamides is 1. The van der Waals surface area contributed by atoms with Crippen molar-refractivity contribution in [3.8, 4) is 0 Å². The van der Waals surface area contributed by atoms with Crippen LogP contribution in [0.4, 0.5) is 0 Å². The third kappa shape index (κ3) is 3.26. The molecule has 0 spiro atoms. The van der Waals surface area contributed by atoms with Gasteiger partial charge < -0.3 is 0 Å². The van der Waals surface area contributed by atoms with Crippen molar-refractivity contribution in [2.75, 3.05) is 0 Å². The molecule has 3 rings (SSSR count). The van der Waals surface area contributed by atoms with E-state index < -0.39 is 10.0 Å². The van der Waals surface area contributed by atoms with E-state index in [-0.39, 0.29) is 22.4 Å². The van der Waals surface area contributed by atoms with Crippen LogP contribution in [0.2, 0.25) is 0 Å². The fourth-order valence-corrected chi connectivity index (χ4v) is 4.58. The number of benzene rings is 1. The van der Waals surface area contributed by atoms with Gasteiger partial charge in [-0.25, -0.2) is 13.1 Å². The van der Waals surface area contributed by atoms with Crippen LogP contribution in [0.1, 0.15) is 25.6 Å². The number of pyridine rings is 1. The molecule has 0 aliphatic heterocycles. The van der Waals surface area contributed by atoms with Gasteiger partial charge in [0.05, 0.1) is 27.4 Å². The molecule has 0 saturated carbocycles. The van der Waals surface area contributed by atoms with Gasteiger partial charge in [0.2, 0.25) is 10.0 Å². The smallest absolute Gasteiger partial charge is 0.296 e. The average molecular weight is 363 g/mol. The Balaban J connectivity index is 1.92. The van der Waals surface area contributed by atoms with Crippen LogP contribution < -0.4 is 9.60 Å². The predicted molar refractivity (Wildman–Crippen MR) is 94.7 cm³/mol. The summed E-state index contributed by atoms with van der Waals surface area (Å²) in [7, 11) is -3.67. The molecule has 1 aromatic carbocycles. The Morgan fingerprint density at radius 2 is 2.04 bits per heavy atom. The van der Waals surface area contributed by atoms with Crippen LogP contribution in [0.5, 0.6) is 0 Å². The van der Waals surface area contributed by atoms with Gasteiger partial charge in [-0.3, -0.25) is 14.3 Å². The zero-order valence-electron chi connectivity index (χ0n) is 13.3. The number of aromatic nitrogens is 2. The summed E-state index contributed by atoms with van der Waals surface area (Å²) in [5.74, 6) is 0. The van der Waals surface area contributed by atoms with Crippen molar-refractivity contribution in [1.29, 1.82) is 0 Å². The molecule has 1 N–H and O–H groups in total. The summed E-state index contributed by atoms with van der Waals surface area (Å²) in [6.07, 6.45) is 1.61. The summed E-state index contributed by atoms with van der Waals surface area (Å²) >= 11 is 1.05. The van der Waals surface area contributed by atoms with Gasteiger partial charge in [0, 0.05) is 12.2 Å². The van der Waals surface area contributed by atoms with E-state index in [4.69, 9.17) is 0 Å². The average Bonchev–Trinajstić information content (AvgIpc) is 2.89. The van der Waals surface area contributed by atoms with Crippen molar-refractivity contribution < 1.29 is 8.42 Å². The first kappa shape index (κ1) is 16.8. The van der Waals surface area contributed by atoms with Crippen molar-refractivity contribution in [2.24, 2.45) is 0 Å².